The summed E-state index contributed by atoms with van der Waals surface area (Å²) in [5, 5.41) is 5.75. The van der Waals surface area contributed by atoms with E-state index in [2.05, 4.69) is 62.6 Å². The van der Waals surface area contributed by atoms with Gasteiger partial charge >= 0.3 is 0 Å². The Morgan fingerprint density at radius 2 is 2.25 bits per heavy atom. The van der Waals surface area contributed by atoms with E-state index in [1.807, 2.05) is 11.3 Å². The zero-order valence-electron chi connectivity index (χ0n) is 13.6. The Morgan fingerprint density at radius 1 is 1.50 bits per heavy atom. The molecule has 0 aliphatic heterocycles. The second-order valence-corrected chi connectivity index (χ2v) is 8.16. The summed E-state index contributed by atoms with van der Waals surface area (Å²) in [5.41, 5.74) is 0.442. The highest BCUT2D eigenvalue weighted by Gasteiger charge is 2.41. The molecule has 1 aliphatic rings. The first-order valence-corrected chi connectivity index (χ1v) is 8.72. The lowest BCUT2D eigenvalue weighted by Gasteiger charge is -2.34. The van der Waals surface area contributed by atoms with Crippen molar-refractivity contribution in [1.82, 2.24) is 10.2 Å². The van der Waals surface area contributed by atoms with E-state index in [0.717, 1.165) is 5.92 Å². The Balaban J connectivity index is 1.89. The fourth-order valence-electron chi connectivity index (χ4n) is 3.77. The van der Waals surface area contributed by atoms with E-state index in [4.69, 9.17) is 0 Å². The van der Waals surface area contributed by atoms with Crippen LogP contribution in [0.3, 0.4) is 0 Å². The third kappa shape index (κ3) is 3.63. The van der Waals surface area contributed by atoms with Crippen molar-refractivity contribution < 1.29 is 0 Å². The predicted molar refractivity (Wildman–Crippen MR) is 89.5 cm³/mol. The molecule has 1 fully saturated rings. The van der Waals surface area contributed by atoms with Gasteiger partial charge in [0.15, 0.2) is 0 Å². The molecule has 3 heteroatoms. The number of hydrogen-bond donors (Lipinski definition) is 1. The highest BCUT2D eigenvalue weighted by molar-refractivity contribution is 7.09. The van der Waals surface area contributed by atoms with E-state index < -0.39 is 0 Å². The third-order valence-corrected chi connectivity index (χ3v) is 6.03. The molecule has 0 saturated heterocycles. The monoisotopic (exact) mass is 294 g/mol. The number of likely N-dealkylation sites (N-methyl/N-ethyl adjacent to an activating group) is 1. The minimum absolute atomic E-state index is 0.442. The quantitative estimate of drug-likeness (QED) is 0.862. The SMILES string of the molecule is CNC1C(CN(C)C(C)Cc2cccs2)CCC1(C)C. The molecular weight excluding hydrogens is 264 g/mol. The molecule has 1 aromatic rings. The molecule has 1 N–H and O–H groups in total. The van der Waals surface area contributed by atoms with Crippen molar-refractivity contribution in [3.63, 3.8) is 0 Å². The third-order valence-electron chi connectivity index (χ3n) is 5.14. The summed E-state index contributed by atoms with van der Waals surface area (Å²) in [4.78, 5) is 4.05. The van der Waals surface area contributed by atoms with E-state index in [-0.39, 0.29) is 0 Å². The number of rotatable bonds is 6. The molecule has 0 amide bonds. The van der Waals surface area contributed by atoms with Gasteiger partial charge in [-0.3, -0.25) is 0 Å². The van der Waals surface area contributed by atoms with Crippen LogP contribution in [0, 0.1) is 11.3 Å². The van der Waals surface area contributed by atoms with Crippen LogP contribution in [0.4, 0.5) is 0 Å². The molecular formula is C17H30N2S. The molecule has 20 heavy (non-hydrogen) atoms. The summed E-state index contributed by atoms with van der Waals surface area (Å²) >= 11 is 1.88. The van der Waals surface area contributed by atoms with Crippen LogP contribution in [0.15, 0.2) is 17.5 Å². The minimum atomic E-state index is 0.442. The van der Waals surface area contributed by atoms with Crippen LogP contribution in [-0.2, 0) is 6.42 Å². The van der Waals surface area contributed by atoms with E-state index in [1.54, 1.807) is 0 Å². The number of nitrogens with one attached hydrogen (secondary N) is 1. The molecule has 2 rings (SSSR count). The lowest BCUT2D eigenvalue weighted by molar-refractivity contribution is 0.181. The number of hydrogen-bond acceptors (Lipinski definition) is 3. The maximum Gasteiger partial charge on any atom is 0.0156 e. The van der Waals surface area contributed by atoms with Gasteiger partial charge in [-0.15, -0.1) is 11.3 Å². The summed E-state index contributed by atoms with van der Waals surface area (Å²) in [6.07, 6.45) is 3.87. The lowest BCUT2D eigenvalue weighted by Crippen LogP contribution is -2.45. The maximum absolute atomic E-state index is 3.57. The van der Waals surface area contributed by atoms with Crippen molar-refractivity contribution >= 4 is 11.3 Å². The van der Waals surface area contributed by atoms with Crippen LogP contribution in [0.5, 0.6) is 0 Å². The second kappa shape index (κ2) is 6.59. The van der Waals surface area contributed by atoms with Crippen LogP contribution in [0.2, 0.25) is 0 Å². The molecule has 114 valence electrons. The number of thiophene rings is 1. The molecule has 1 aliphatic carbocycles. The Kier molecular flexibility index (Phi) is 5.27. The van der Waals surface area contributed by atoms with Gasteiger partial charge in [0.25, 0.3) is 0 Å². The molecule has 3 unspecified atom stereocenters. The predicted octanol–water partition coefficient (Wildman–Crippen LogP) is 3.64. The van der Waals surface area contributed by atoms with Gasteiger partial charge < -0.3 is 10.2 Å². The van der Waals surface area contributed by atoms with Crippen molar-refractivity contribution in [3.05, 3.63) is 22.4 Å². The van der Waals surface area contributed by atoms with Gasteiger partial charge in [-0.25, -0.2) is 0 Å². The van der Waals surface area contributed by atoms with Crippen molar-refractivity contribution in [2.24, 2.45) is 11.3 Å². The fraction of sp³-hybridized carbons (Fsp3) is 0.765. The van der Waals surface area contributed by atoms with Gasteiger partial charge in [0.1, 0.15) is 0 Å². The van der Waals surface area contributed by atoms with Crippen molar-refractivity contribution in [3.8, 4) is 0 Å². The molecule has 1 aromatic heterocycles. The van der Waals surface area contributed by atoms with Crippen molar-refractivity contribution in [1.29, 1.82) is 0 Å². The van der Waals surface area contributed by atoms with E-state index in [1.165, 1.54) is 30.7 Å². The zero-order valence-corrected chi connectivity index (χ0v) is 14.5. The zero-order chi connectivity index (χ0) is 14.8. The Morgan fingerprint density at radius 3 is 2.85 bits per heavy atom. The summed E-state index contributed by atoms with van der Waals surface area (Å²) in [7, 11) is 4.41. The topological polar surface area (TPSA) is 15.3 Å². The van der Waals surface area contributed by atoms with E-state index >= 15 is 0 Å². The molecule has 2 nitrogen and oxygen atoms in total. The van der Waals surface area contributed by atoms with Gasteiger partial charge in [0.2, 0.25) is 0 Å². The van der Waals surface area contributed by atoms with Crippen molar-refractivity contribution in [2.75, 3.05) is 20.6 Å². The lowest BCUT2D eigenvalue weighted by atomic mass is 9.85. The second-order valence-electron chi connectivity index (χ2n) is 7.13. The average molecular weight is 295 g/mol. The Bertz CT molecular complexity index is 399. The Labute approximate surface area is 128 Å². The van der Waals surface area contributed by atoms with Gasteiger partial charge in [0, 0.05) is 23.5 Å². The van der Waals surface area contributed by atoms with E-state index in [0.29, 0.717) is 17.5 Å². The standard InChI is InChI=1S/C17H30N2S/c1-13(11-15-7-6-10-20-15)19(5)12-14-8-9-17(2,3)16(14)18-4/h6-7,10,13-14,16,18H,8-9,11-12H2,1-5H3. The number of nitrogens with zero attached hydrogens (tertiary/aromatic N) is 1. The first-order valence-electron chi connectivity index (χ1n) is 7.84. The summed E-state index contributed by atoms with van der Waals surface area (Å²) < 4.78 is 0. The minimum Gasteiger partial charge on any atom is -0.316 e. The molecule has 3 atom stereocenters. The Hall–Kier alpha value is -0.380. The van der Waals surface area contributed by atoms with E-state index in [9.17, 15) is 0 Å². The summed E-state index contributed by atoms with van der Waals surface area (Å²) in [6, 6.07) is 5.68. The summed E-state index contributed by atoms with van der Waals surface area (Å²) in [6.45, 7) is 8.38. The van der Waals surface area contributed by atoms with Crippen LogP contribution in [0.25, 0.3) is 0 Å². The van der Waals surface area contributed by atoms with Gasteiger partial charge in [-0.2, -0.15) is 0 Å². The molecule has 0 spiro atoms. The smallest absolute Gasteiger partial charge is 0.0156 e. The largest absolute Gasteiger partial charge is 0.316 e. The molecule has 0 bridgehead atoms. The van der Waals surface area contributed by atoms with Gasteiger partial charge in [-0.05, 0) is 63.1 Å². The highest BCUT2D eigenvalue weighted by atomic mass is 32.1. The molecule has 0 radical (unpaired) electrons. The normalized spacial score (nSPS) is 27.1. The fourth-order valence-corrected chi connectivity index (χ4v) is 4.59. The first kappa shape index (κ1) is 16.0. The van der Waals surface area contributed by atoms with Crippen LogP contribution < -0.4 is 5.32 Å². The summed E-state index contributed by atoms with van der Waals surface area (Å²) in [5.74, 6) is 0.783. The maximum atomic E-state index is 3.57. The van der Waals surface area contributed by atoms with Gasteiger partial charge in [-0.1, -0.05) is 19.9 Å². The molecule has 1 heterocycles. The average Bonchev–Trinajstić information content (AvgIpc) is 2.97. The molecule has 1 saturated carbocycles. The molecule has 0 aromatic carbocycles. The van der Waals surface area contributed by atoms with Gasteiger partial charge in [0.05, 0.1) is 0 Å². The first-order chi connectivity index (χ1) is 9.44. The van der Waals surface area contributed by atoms with Crippen LogP contribution >= 0.6 is 11.3 Å². The highest BCUT2D eigenvalue weighted by Crippen LogP contribution is 2.41. The van der Waals surface area contributed by atoms with Crippen molar-refractivity contribution in [2.45, 2.75) is 52.1 Å². The van der Waals surface area contributed by atoms with Crippen LogP contribution in [-0.4, -0.2) is 37.6 Å². The van der Waals surface area contributed by atoms with Crippen LogP contribution in [0.1, 0.15) is 38.5 Å².